The number of aromatic nitrogens is 1. The molecule has 1 N–H and O–H groups in total. The molecule has 0 fully saturated rings. The van der Waals surface area contributed by atoms with Gasteiger partial charge in [0.2, 0.25) is 0 Å². The first-order valence-corrected chi connectivity index (χ1v) is 5.16. The van der Waals surface area contributed by atoms with Gasteiger partial charge in [0.1, 0.15) is 0 Å². The van der Waals surface area contributed by atoms with Crippen LogP contribution < -0.4 is 0 Å². The summed E-state index contributed by atoms with van der Waals surface area (Å²) in [6.07, 6.45) is 3.69. The summed E-state index contributed by atoms with van der Waals surface area (Å²) in [6.45, 7) is 5.44. The Bertz CT molecular complexity index is 258. The van der Waals surface area contributed by atoms with Gasteiger partial charge in [-0.05, 0) is 12.1 Å². The van der Waals surface area contributed by atoms with E-state index in [2.05, 4.69) is 24.9 Å². The maximum atomic E-state index is 9.00. The van der Waals surface area contributed by atoms with Gasteiger partial charge in [0.25, 0.3) is 5.97 Å². The van der Waals surface area contributed by atoms with Gasteiger partial charge in [-0.3, -0.25) is 9.78 Å². The van der Waals surface area contributed by atoms with E-state index in [1.165, 1.54) is 4.90 Å². The molecule has 4 heteroatoms. The molecule has 0 saturated heterocycles. The first-order chi connectivity index (χ1) is 6.52. The Morgan fingerprint density at radius 3 is 2.50 bits per heavy atom. The van der Waals surface area contributed by atoms with E-state index in [1.807, 2.05) is 24.0 Å². The molecule has 0 aliphatic heterocycles. The topological polar surface area (TPSA) is 50.2 Å². The van der Waals surface area contributed by atoms with E-state index in [1.54, 1.807) is 6.20 Å². The molecule has 1 aromatic heterocycles. The summed E-state index contributed by atoms with van der Waals surface area (Å²) in [7, 11) is 0. The van der Waals surface area contributed by atoms with Crippen LogP contribution in [-0.4, -0.2) is 21.3 Å². The number of thioether (sulfide) groups is 1. The Hall–Kier alpha value is -1.03. The van der Waals surface area contributed by atoms with E-state index < -0.39 is 5.97 Å². The third-order valence-corrected chi connectivity index (χ3v) is 1.99. The van der Waals surface area contributed by atoms with Crippen LogP contribution in [0.3, 0.4) is 0 Å². The number of hydrogen-bond acceptors (Lipinski definition) is 3. The maximum Gasteiger partial charge on any atom is 0.300 e. The molecule has 0 aliphatic carbocycles. The van der Waals surface area contributed by atoms with Gasteiger partial charge in [0.15, 0.2) is 0 Å². The van der Waals surface area contributed by atoms with Crippen molar-refractivity contribution in [2.75, 3.05) is 0 Å². The number of hydrogen-bond donors (Lipinski definition) is 1. The quantitative estimate of drug-likeness (QED) is 0.767. The third-order valence-electron chi connectivity index (χ3n) is 1.01. The summed E-state index contributed by atoms with van der Waals surface area (Å²) >= 11 is 1.84. The van der Waals surface area contributed by atoms with Crippen molar-refractivity contribution in [3.8, 4) is 0 Å². The Morgan fingerprint density at radius 2 is 2.14 bits per heavy atom. The lowest BCUT2D eigenvalue weighted by Gasteiger charge is -2.01. The number of carboxylic acids is 1. The number of carboxylic acid groups (broad SMARTS) is 1. The minimum absolute atomic E-state index is 0.643. The number of rotatable bonds is 2. The minimum atomic E-state index is -0.833. The summed E-state index contributed by atoms with van der Waals surface area (Å²) in [6, 6.07) is 4.04. The molecule has 0 unspecified atom stereocenters. The predicted molar refractivity (Wildman–Crippen MR) is 58.5 cm³/mol. The molecule has 0 saturated carbocycles. The van der Waals surface area contributed by atoms with Gasteiger partial charge >= 0.3 is 0 Å². The maximum absolute atomic E-state index is 9.00. The summed E-state index contributed by atoms with van der Waals surface area (Å²) in [4.78, 5) is 14.3. The van der Waals surface area contributed by atoms with E-state index >= 15 is 0 Å². The summed E-state index contributed by atoms with van der Waals surface area (Å²) < 4.78 is 0. The highest BCUT2D eigenvalue weighted by Crippen LogP contribution is 2.20. The molecule has 0 bridgehead atoms. The van der Waals surface area contributed by atoms with Crippen LogP contribution in [0.25, 0.3) is 0 Å². The lowest BCUT2D eigenvalue weighted by molar-refractivity contribution is -0.134. The molecule has 0 aliphatic rings. The zero-order chi connectivity index (χ0) is 11.0. The van der Waals surface area contributed by atoms with Crippen LogP contribution in [0.1, 0.15) is 20.8 Å². The second-order valence-corrected chi connectivity index (χ2v) is 4.52. The molecule has 1 aromatic rings. The molecular formula is C10H15NO2S. The second-order valence-electron chi connectivity index (χ2n) is 2.87. The lowest BCUT2D eigenvalue weighted by Crippen LogP contribution is -1.85. The van der Waals surface area contributed by atoms with Crippen molar-refractivity contribution in [1.82, 2.24) is 4.98 Å². The van der Waals surface area contributed by atoms with Gasteiger partial charge < -0.3 is 5.11 Å². The van der Waals surface area contributed by atoms with Crippen molar-refractivity contribution in [2.24, 2.45) is 0 Å². The zero-order valence-electron chi connectivity index (χ0n) is 8.60. The fourth-order valence-electron chi connectivity index (χ4n) is 0.689. The van der Waals surface area contributed by atoms with E-state index in [9.17, 15) is 0 Å². The Kier molecular flexibility index (Phi) is 6.84. The van der Waals surface area contributed by atoms with Crippen LogP contribution in [0, 0.1) is 0 Å². The normalized spacial score (nSPS) is 9.14. The van der Waals surface area contributed by atoms with Crippen LogP contribution >= 0.6 is 11.8 Å². The molecule has 0 spiro atoms. The van der Waals surface area contributed by atoms with Crippen molar-refractivity contribution in [3.05, 3.63) is 24.5 Å². The van der Waals surface area contributed by atoms with Gasteiger partial charge in [0, 0.05) is 29.5 Å². The molecule has 78 valence electrons. The molecule has 0 atom stereocenters. The molecule has 14 heavy (non-hydrogen) atoms. The molecule has 0 radical (unpaired) electrons. The van der Waals surface area contributed by atoms with Crippen LogP contribution in [-0.2, 0) is 4.79 Å². The van der Waals surface area contributed by atoms with Crippen molar-refractivity contribution >= 4 is 17.7 Å². The summed E-state index contributed by atoms with van der Waals surface area (Å²) in [5.74, 6) is -0.833. The van der Waals surface area contributed by atoms with Crippen molar-refractivity contribution in [1.29, 1.82) is 0 Å². The number of pyridine rings is 1. The predicted octanol–water partition coefficient (Wildman–Crippen LogP) is 2.67. The average molecular weight is 213 g/mol. The van der Waals surface area contributed by atoms with Crippen molar-refractivity contribution < 1.29 is 9.90 Å². The molecule has 0 amide bonds. The molecule has 1 heterocycles. The highest BCUT2D eigenvalue weighted by atomic mass is 32.2. The SMILES string of the molecule is CC(=O)O.CC(C)Sc1cccnc1. The Morgan fingerprint density at radius 1 is 1.57 bits per heavy atom. The second kappa shape index (κ2) is 7.38. The van der Waals surface area contributed by atoms with Gasteiger partial charge in [-0.25, -0.2) is 0 Å². The monoisotopic (exact) mass is 213 g/mol. The standard InChI is InChI=1S/C8H11NS.C2H4O2/c1-7(2)10-8-4-3-5-9-6-8;1-2(3)4/h3-7H,1-2H3;1H3,(H,3,4). The largest absolute Gasteiger partial charge is 0.481 e. The van der Waals surface area contributed by atoms with Crippen LogP contribution in [0.15, 0.2) is 29.4 Å². The minimum Gasteiger partial charge on any atom is -0.481 e. The van der Waals surface area contributed by atoms with E-state index in [4.69, 9.17) is 9.90 Å². The first kappa shape index (κ1) is 13.0. The number of nitrogens with zero attached hydrogens (tertiary/aromatic N) is 1. The molecule has 0 aromatic carbocycles. The third kappa shape index (κ3) is 9.06. The smallest absolute Gasteiger partial charge is 0.300 e. The number of carbonyl (C=O) groups is 1. The molecule has 1 rings (SSSR count). The fraction of sp³-hybridized carbons (Fsp3) is 0.400. The van der Waals surface area contributed by atoms with Crippen LogP contribution in [0.2, 0.25) is 0 Å². The Labute approximate surface area is 88.6 Å². The molecule has 3 nitrogen and oxygen atoms in total. The van der Waals surface area contributed by atoms with Crippen LogP contribution in [0.5, 0.6) is 0 Å². The summed E-state index contributed by atoms with van der Waals surface area (Å²) in [5.41, 5.74) is 0. The first-order valence-electron chi connectivity index (χ1n) is 4.28. The van der Waals surface area contributed by atoms with Gasteiger partial charge in [-0.2, -0.15) is 0 Å². The highest BCUT2D eigenvalue weighted by Gasteiger charge is 1.95. The van der Waals surface area contributed by atoms with E-state index in [0.717, 1.165) is 6.92 Å². The molecular weight excluding hydrogens is 198 g/mol. The average Bonchev–Trinajstić information content (AvgIpc) is 2.03. The Balaban J connectivity index is 0.000000364. The van der Waals surface area contributed by atoms with E-state index in [0.29, 0.717) is 5.25 Å². The van der Waals surface area contributed by atoms with Crippen LogP contribution in [0.4, 0.5) is 0 Å². The number of aliphatic carboxylic acids is 1. The highest BCUT2D eigenvalue weighted by molar-refractivity contribution is 7.99. The van der Waals surface area contributed by atoms with Gasteiger partial charge in [0.05, 0.1) is 0 Å². The van der Waals surface area contributed by atoms with Crippen molar-refractivity contribution in [2.45, 2.75) is 30.9 Å². The lowest BCUT2D eigenvalue weighted by atomic mass is 10.5. The zero-order valence-corrected chi connectivity index (χ0v) is 9.41. The van der Waals surface area contributed by atoms with Crippen molar-refractivity contribution in [3.63, 3.8) is 0 Å². The van der Waals surface area contributed by atoms with E-state index in [-0.39, 0.29) is 0 Å². The fourth-order valence-corrected chi connectivity index (χ4v) is 1.51. The van der Waals surface area contributed by atoms with Gasteiger partial charge in [-0.15, -0.1) is 11.8 Å². The summed E-state index contributed by atoms with van der Waals surface area (Å²) in [5, 5.41) is 8.06. The van der Waals surface area contributed by atoms with Gasteiger partial charge in [-0.1, -0.05) is 13.8 Å².